The molecule has 1 fully saturated rings. The second-order valence-corrected chi connectivity index (χ2v) is 7.92. The fourth-order valence-corrected chi connectivity index (χ4v) is 4.49. The third kappa shape index (κ3) is 3.84. The molecule has 0 bridgehead atoms. The molecule has 1 aromatic heterocycles. The van der Waals surface area contributed by atoms with Crippen molar-refractivity contribution >= 4 is 23.0 Å². The molecule has 1 aromatic carbocycles. The van der Waals surface area contributed by atoms with E-state index in [0.29, 0.717) is 25.0 Å². The van der Waals surface area contributed by atoms with E-state index in [9.17, 15) is 4.79 Å². The van der Waals surface area contributed by atoms with Crippen molar-refractivity contribution in [3.8, 4) is 5.75 Å². The van der Waals surface area contributed by atoms with E-state index in [-0.39, 0.29) is 5.91 Å². The molecule has 1 amide bonds. The van der Waals surface area contributed by atoms with Crippen molar-refractivity contribution in [2.75, 3.05) is 44.3 Å². The summed E-state index contributed by atoms with van der Waals surface area (Å²) in [5.74, 6) is 0.688. The highest BCUT2D eigenvalue weighted by molar-refractivity contribution is 6.02. The predicted octanol–water partition coefficient (Wildman–Crippen LogP) is 3.60. The number of anilines is 3. The Bertz CT molecular complexity index is 904. The average molecular weight is 414 g/mol. The second-order valence-electron chi connectivity index (χ2n) is 7.92. The molecule has 0 saturated heterocycles. The molecule has 0 atom stereocenters. The Kier molecular flexibility index (Phi) is 6.13. The van der Waals surface area contributed by atoms with E-state index in [1.165, 1.54) is 19.3 Å². The quantitative estimate of drug-likeness (QED) is 0.675. The van der Waals surface area contributed by atoms with E-state index < -0.39 is 0 Å². The number of fused-ring (bicyclic) bond motifs is 1. The Morgan fingerprint density at radius 1 is 1.23 bits per heavy atom. The number of aryl methyl sites for hydroxylation is 1. The number of carbonyl (C=O) groups is 1. The number of nitrogens with one attached hydrogen (secondary N) is 2. The SMILES string of the molecule is COCCNc1ccc(N2CNC(=O)c3c2c(C)nn3C2CCCCC2)c(OC)c1. The number of carbonyl (C=O) groups excluding carboxylic acids is 1. The molecule has 0 unspecified atom stereocenters. The number of aromatic nitrogens is 2. The van der Waals surface area contributed by atoms with Crippen LogP contribution in [0.1, 0.15) is 54.3 Å². The zero-order valence-corrected chi connectivity index (χ0v) is 18.0. The minimum absolute atomic E-state index is 0.0516. The van der Waals surface area contributed by atoms with Gasteiger partial charge in [0.25, 0.3) is 5.91 Å². The van der Waals surface area contributed by atoms with E-state index in [1.807, 2.05) is 29.8 Å². The van der Waals surface area contributed by atoms with Gasteiger partial charge in [-0.25, -0.2) is 0 Å². The van der Waals surface area contributed by atoms with E-state index in [1.54, 1.807) is 14.2 Å². The molecule has 2 aliphatic rings. The van der Waals surface area contributed by atoms with Crippen LogP contribution in [0.2, 0.25) is 0 Å². The largest absolute Gasteiger partial charge is 0.494 e. The molecular formula is C22H31N5O3. The topological polar surface area (TPSA) is 80.7 Å². The molecule has 1 saturated carbocycles. The van der Waals surface area contributed by atoms with Crippen LogP contribution >= 0.6 is 0 Å². The van der Waals surface area contributed by atoms with Crippen molar-refractivity contribution in [3.63, 3.8) is 0 Å². The first-order valence-corrected chi connectivity index (χ1v) is 10.7. The summed E-state index contributed by atoms with van der Waals surface area (Å²) in [7, 11) is 3.35. The number of nitrogens with zero attached hydrogens (tertiary/aromatic N) is 3. The Morgan fingerprint density at radius 2 is 2.03 bits per heavy atom. The molecule has 0 radical (unpaired) electrons. The van der Waals surface area contributed by atoms with Gasteiger partial charge in [0.15, 0.2) is 5.69 Å². The molecule has 8 nitrogen and oxygen atoms in total. The number of amides is 1. The van der Waals surface area contributed by atoms with Crippen LogP contribution in [0.15, 0.2) is 18.2 Å². The summed E-state index contributed by atoms with van der Waals surface area (Å²) in [6, 6.07) is 6.31. The number of methoxy groups -OCH3 is 2. The molecule has 0 spiro atoms. The Balaban J connectivity index is 1.69. The van der Waals surface area contributed by atoms with Crippen LogP contribution in [-0.2, 0) is 4.74 Å². The normalized spacial score (nSPS) is 16.9. The smallest absolute Gasteiger partial charge is 0.273 e. The van der Waals surface area contributed by atoms with Crippen LogP contribution in [0.5, 0.6) is 5.75 Å². The van der Waals surface area contributed by atoms with Gasteiger partial charge in [-0.3, -0.25) is 9.48 Å². The van der Waals surface area contributed by atoms with Crippen molar-refractivity contribution < 1.29 is 14.3 Å². The lowest BCUT2D eigenvalue weighted by atomic mass is 9.95. The molecule has 1 aliphatic heterocycles. The number of hydrogen-bond acceptors (Lipinski definition) is 6. The lowest BCUT2D eigenvalue weighted by molar-refractivity contribution is 0.0933. The first kappa shape index (κ1) is 20.5. The fourth-order valence-electron chi connectivity index (χ4n) is 4.49. The van der Waals surface area contributed by atoms with Crippen LogP contribution in [0.25, 0.3) is 0 Å². The van der Waals surface area contributed by atoms with Crippen LogP contribution in [0.3, 0.4) is 0 Å². The van der Waals surface area contributed by atoms with Crippen LogP contribution in [0, 0.1) is 6.92 Å². The Hall–Kier alpha value is -2.74. The van der Waals surface area contributed by atoms with E-state index in [2.05, 4.69) is 15.5 Å². The van der Waals surface area contributed by atoms with Gasteiger partial charge in [-0.1, -0.05) is 19.3 Å². The number of ether oxygens (including phenoxy) is 2. The second kappa shape index (κ2) is 8.95. The molecule has 1 aliphatic carbocycles. The minimum atomic E-state index is -0.0516. The number of benzene rings is 1. The molecule has 2 aromatic rings. The molecule has 30 heavy (non-hydrogen) atoms. The standard InChI is InChI=1S/C22H31N5O3/c1-15-20-21(27(25-15)17-7-5-4-6-8-17)22(28)24-14-26(20)18-10-9-16(13-19(18)30-3)23-11-12-29-2/h9-10,13,17,23H,4-8,11-12,14H2,1-3H3,(H,24,28). The summed E-state index contributed by atoms with van der Waals surface area (Å²) in [6.45, 7) is 3.72. The summed E-state index contributed by atoms with van der Waals surface area (Å²) >= 11 is 0. The van der Waals surface area contributed by atoms with Crippen LogP contribution < -0.4 is 20.3 Å². The van der Waals surface area contributed by atoms with Gasteiger partial charge in [0.05, 0.1) is 43.5 Å². The summed E-state index contributed by atoms with van der Waals surface area (Å²) in [5, 5.41) is 11.2. The van der Waals surface area contributed by atoms with Crippen molar-refractivity contribution in [2.24, 2.45) is 0 Å². The van der Waals surface area contributed by atoms with E-state index in [4.69, 9.17) is 14.6 Å². The van der Waals surface area contributed by atoms with Gasteiger partial charge < -0.3 is 25.0 Å². The lowest BCUT2D eigenvalue weighted by Gasteiger charge is -2.32. The molecule has 2 N–H and O–H groups in total. The van der Waals surface area contributed by atoms with Gasteiger partial charge in [0.2, 0.25) is 0 Å². The highest BCUT2D eigenvalue weighted by Gasteiger charge is 2.34. The van der Waals surface area contributed by atoms with Gasteiger partial charge in [-0.2, -0.15) is 5.10 Å². The first-order valence-electron chi connectivity index (χ1n) is 10.7. The zero-order chi connectivity index (χ0) is 21.1. The van der Waals surface area contributed by atoms with E-state index in [0.717, 1.165) is 47.9 Å². The Morgan fingerprint density at radius 3 is 2.77 bits per heavy atom. The van der Waals surface area contributed by atoms with E-state index >= 15 is 0 Å². The molecule has 162 valence electrons. The van der Waals surface area contributed by atoms with Gasteiger partial charge >= 0.3 is 0 Å². The summed E-state index contributed by atoms with van der Waals surface area (Å²) in [5.41, 5.74) is 4.28. The molecule has 4 rings (SSSR count). The van der Waals surface area contributed by atoms with Gasteiger partial charge in [-0.05, 0) is 31.9 Å². The van der Waals surface area contributed by atoms with Crippen LogP contribution in [0.4, 0.5) is 17.1 Å². The summed E-state index contributed by atoms with van der Waals surface area (Å²) in [4.78, 5) is 14.9. The maximum absolute atomic E-state index is 12.8. The molecule has 2 heterocycles. The molecular weight excluding hydrogens is 382 g/mol. The highest BCUT2D eigenvalue weighted by Crippen LogP contribution is 2.41. The van der Waals surface area contributed by atoms with Crippen molar-refractivity contribution in [3.05, 3.63) is 29.6 Å². The average Bonchev–Trinajstić information content (AvgIpc) is 3.13. The highest BCUT2D eigenvalue weighted by atomic mass is 16.5. The van der Waals surface area contributed by atoms with Gasteiger partial charge in [0.1, 0.15) is 5.75 Å². The third-order valence-corrected chi connectivity index (χ3v) is 5.96. The van der Waals surface area contributed by atoms with Crippen molar-refractivity contribution in [1.29, 1.82) is 0 Å². The number of rotatable bonds is 7. The van der Waals surface area contributed by atoms with Gasteiger partial charge in [-0.15, -0.1) is 0 Å². The summed E-state index contributed by atoms with van der Waals surface area (Å²) < 4.78 is 12.8. The monoisotopic (exact) mass is 413 g/mol. The fraction of sp³-hybridized carbons (Fsp3) is 0.545. The first-order chi connectivity index (χ1) is 14.6. The maximum Gasteiger partial charge on any atom is 0.273 e. The van der Waals surface area contributed by atoms with Crippen LogP contribution in [-0.4, -0.2) is 49.7 Å². The maximum atomic E-state index is 12.8. The Labute approximate surface area is 177 Å². The predicted molar refractivity (Wildman–Crippen MR) is 117 cm³/mol. The number of hydrogen-bond donors (Lipinski definition) is 2. The van der Waals surface area contributed by atoms with Gasteiger partial charge in [0, 0.05) is 25.4 Å². The van der Waals surface area contributed by atoms with Crippen molar-refractivity contribution in [1.82, 2.24) is 15.1 Å². The molecule has 8 heteroatoms. The summed E-state index contributed by atoms with van der Waals surface area (Å²) in [6.07, 6.45) is 5.79. The third-order valence-electron chi connectivity index (χ3n) is 5.96. The van der Waals surface area contributed by atoms with Crippen molar-refractivity contribution in [2.45, 2.75) is 45.1 Å². The zero-order valence-electron chi connectivity index (χ0n) is 18.0. The lowest BCUT2D eigenvalue weighted by Crippen LogP contribution is -2.42. The minimum Gasteiger partial charge on any atom is -0.494 e.